The molecule has 1 aromatic carbocycles. The van der Waals surface area contributed by atoms with E-state index in [2.05, 4.69) is 15.9 Å². The first-order chi connectivity index (χ1) is 7.38. The molecule has 16 heavy (non-hydrogen) atoms. The highest BCUT2D eigenvalue weighted by Crippen LogP contribution is 2.20. The van der Waals surface area contributed by atoms with E-state index in [0.29, 0.717) is 16.0 Å². The van der Waals surface area contributed by atoms with Crippen LogP contribution in [0.25, 0.3) is 0 Å². The first-order valence-electron chi connectivity index (χ1n) is 4.58. The average molecular weight is 327 g/mol. The molecule has 0 heterocycles. The lowest BCUT2D eigenvalue weighted by atomic mass is 10.2. The van der Waals surface area contributed by atoms with Crippen LogP contribution in [0.1, 0.15) is 5.56 Å². The fourth-order valence-corrected chi connectivity index (χ4v) is 3.70. The maximum atomic E-state index is 12.9. The number of halogens is 2. The maximum Gasteiger partial charge on any atom is 0.148 e. The lowest BCUT2D eigenvalue weighted by Crippen LogP contribution is -2.05. The van der Waals surface area contributed by atoms with Crippen molar-refractivity contribution in [3.63, 3.8) is 0 Å². The van der Waals surface area contributed by atoms with Crippen molar-refractivity contribution < 1.29 is 12.8 Å². The Hall–Kier alpha value is -0.0700. The Morgan fingerprint density at radius 2 is 2.12 bits per heavy atom. The molecule has 0 amide bonds. The van der Waals surface area contributed by atoms with E-state index in [-0.39, 0.29) is 11.6 Å². The van der Waals surface area contributed by atoms with E-state index in [1.54, 1.807) is 12.1 Å². The molecule has 0 bridgehead atoms. The summed E-state index contributed by atoms with van der Waals surface area (Å²) in [4.78, 5) is 0. The van der Waals surface area contributed by atoms with Gasteiger partial charge in [-0.1, -0.05) is 6.07 Å². The highest BCUT2D eigenvalue weighted by atomic mass is 79.9. The highest BCUT2D eigenvalue weighted by Gasteiger charge is 2.03. The van der Waals surface area contributed by atoms with Gasteiger partial charge >= 0.3 is 0 Å². The van der Waals surface area contributed by atoms with Crippen molar-refractivity contribution >= 4 is 37.5 Å². The fraction of sp³-hybridized carbons (Fsp3) is 0.400. The Bertz CT molecular complexity index is 460. The Balaban J connectivity index is 2.41. The molecular weight excluding hydrogens is 315 g/mol. The van der Waals surface area contributed by atoms with Gasteiger partial charge in [-0.25, -0.2) is 12.8 Å². The number of hydrogen-bond acceptors (Lipinski definition) is 3. The normalized spacial score (nSPS) is 11.7. The Morgan fingerprint density at radius 3 is 2.69 bits per heavy atom. The zero-order chi connectivity index (χ0) is 12.2. The molecule has 0 atom stereocenters. The molecule has 90 valence electrons. The minimum Gasteiger partial charge on any atom is -0.229 e. The van der Waals surface area contributed by atoms with Gasteiger partial charge in [-0.05, 0) is 33.6 Å². The average Bonchev–Trinajstić information content (AvgIpc) is 2.17. The van der Waals surface area contributed by atoms with Crippen molar-refractivity contribution in [1.29, 1.82) is 0 Å². The molecule has 2 nitrogen and oxygen atoms in total. The molecule has 0 unspecified atom stereocenters. The largest absolute Gasteiger partial charge is 0.229 e. The zero-order valence-corrected chi connectivity index (χ0v) is 12.0. The third kappa shape index (κ3) is 5.32. The molecule has 0 saturated carbocycles. The minimum absolute atomic E-state index is 0.181. The molecule has 0 aliphatic heterocycles. The summed E-state index contributed by atoms with van der Waals surface area (Å²) in [6.07, 6.45) is 1.22. The first kappa shape index (κ1) is 14.0. The van der Waals surface area contributed by atoms with Gasteiger partial charge in [0.05, 0.1) is 10.2 Å². The van der Waals surface area contributed by atoms with Crippen LogP contribution in [0.15, 0.2) is 22.7 Å². The van der Waals surface area contributed by atoms with E-state index >= 15 is 0 Å². The smallest absolute Gasteiger partial charge is 0.148 e. The van der Waals surface area contributed by atoms with Gasteiger partial charge in [-0.3, -0.25) is 0 Å². The minimum atomic E-state index is -2.88. The van der Waals surface area contributed by atoms with E-state index < -0.39 is 9.84 Å². The predicted molar refractivity (Wildman–Crippen MR) is 70.0 cm³/mol. The van der Waals surface area contributed by atoms with Crippen LogP contribution >= 0.6 is 27.7 Å². The summed E-state index contributed by atoms with van der Waals surface area (Å²) in [5, 5.41) is 0. The molecule has 0 saturated heterocycles. The van der Waals surface area contributed by atoms with Crippen LogP contribution in [0, 0.1) is 5.82 Å². The summed E-state index contributed by atoms with van der Waals surface area (Å²) in [5.74, 6) is 1.15. The third-order valence-electron chi connectivity index (χ3n) is 1.85. The van der Waals surface area contributed by atoms with Gasteiger partial charge < -0.3 is 0 Å². The second-order valence-electron chi connectivity index (χ2n) is 3.43. The van der Waals surface area contributed by atoms with Gasteiger partial charge in [-0.15, -0.1) is 0 Å². The van der Waals surface area contributed by atoms with E-state index in [9.17, 15) is 12.8 Å². The number of rotatable bonds is 5. The molecule has 1 rings (SSSR count). The number of thioether (sulfide) groups is 1. The molecule has 1 aromatic rings. The van der Waals surface area contributed by atoms with Crippen LogP contribution in [0.4, 0.5) is 4.39 Å². The molecule has 6 heteroatoms. The van der Waals surface area contributed by atoms with E-state index in [1.807, 2.05) is 0 Å². The monoisotopic (exact) mass is 326 g/mol. The topological polar surface area (TPSA) is 34.1 Å². The SMILES string of the molecule is CS(=O)(=O)CCSCc1ccc(F)c(Br)c1. The van der Waals surface area contributed by atoms with Crippen LogP contribution < -0.4 is 0 Å². The van der Waals surface area contributed by atoms with Gasteiger partial charge in [0.25, 0.3) is 0 Å². The fourth-order valence-electron chi connectivity index (χ4n) is 1.03. The van der Waals surface area contributed by atoms with Crippen LogP contribution in [0.3, 0.4) is 0 Å². The quantitative estimate of drug-likeness (QED) is 0.780. The Morgan fingerprint density at radius 1 is 1.44 bits per heavy atom. The predicted octanol–water partition coefficient (Wildman–Crippen LogP) is 2.87. The third-order valence-corrected chi connectivity index (χ3v) is 4.69. The molecule has 0 fully saturated rings. The van der Waals surface area contributed by atoms with Crippen molar-refractivity contribution in [2.45, 2.75) is 5.75 Å². The number of benzene rings is 1. The molecule has 0 N–H and O–H groups in total. The Labute approximate surface area is 108 Å². The number of hydrogen-bond donors (Lipinski definition) is 0. The summed E-state index contributed by atoms with van der Waals surface area (Å²) >= 11 is 4.63. The molecule has 0 aromatic heterocycles. The van der Waals surface area contributed by atoms with Crippen molar-refractivity contribution in [2.75, 3.05) is 17.8 Å². The zero-order valence-electron chi connectivity index (χ0n) is 8.74. The summed E-state index contributed by atoms with van der Waals surface area (Å²) < 4.78 is 35.1. The van der Waals surface area contributed by atoms with Gasteiger partial charge in [0.15, 0.2) is 0 Å². The van der Waals surface area contributed by atoms with E-state index in [0.717, 1.165) is 5.56 Å². The molecule has 0 aliphatic rings. The van der Waals surface area contributed by atoms with Gasteiger partial charge in [-0.2, -0.15) is 11.8 Å². The lowest BCUT2D eigenvalue weighted by Gasteiger charge is -2.02. The summed E-state index contributed by atoms with van der Waals surface area (Å²) in [6, 6.07) is 4.81. The molecular formula is C10H12BrFO2S2. The number of sulfone groups is 1. The highest BCUT2D eigenvalue weighted by molar-refractivity contribution is 9.10. The van der Waals surface area contributed by atoms with Gasteiger partial charge in [0, 0.05) is 17.8 Å². The van der Waals surface area contributed by atoms with Crippen molar-refractivity contribution in [2.24, 2.45) is 0 Å². The van der Waals surface area contributed by atoms with E-state index in [4.69, 9.17) is 0 Å². The van der Waals surface area contributed by atoms with Crippen molar-refractivity contribution in [3.05, 3.63) is 34.1 Å². The standard InChI is InChI=1S/C10H12BrFO2S2/c1-16(13,14)5-4-15-7-8-2-3-10(12)9(11)6-8/h2-3,6H,4-5,7H2,1H3. The molecule has 0 spiro atoms. The van der Waals surface area contributed by atoms with Gasteiger partial charge in [0.1, 0.15) is 15.7 Å². The second kappa shape index (κ2) is 6.02. The van der Waals surface area contributed by atoms with Crippen LogP contribution in [-0.4, -0.2) is 26.2 Å². The maximum absolute atomic E-state index is 12.9. The molecule has 0 aliphatic carbocycles. The van der Waals surface area contributed by atoms with Gasteiger partial charge in [0.2, 0.25) is 0 Å². The van der Waals surface area contributed by atoms with Crippen LogP contribution in [0.5, 0.6) is 0 Å². The summed E-state index contributed by atoms with van der Waals surface area (Å²) in [6.45, 7) is 0. The van der Waals surface area contributed by atoms with Crippen molar-refractivity contribution in [1.82, 2.24) is 0 Å². The summed E-state index contributed by atoms with van der Waals surface area (Å²) in [7, 11) is -2.88. The second-order valence-corrected chi connectivity index (χ2v) is 7.65. The first-order valence-corrected chi connectivity index (χ1v) is 8.59. The molecule has 0 radical (unpaired) electrons. The summed E-state index contributed by atoms with van der Waals surface area (Å²) in [5.41, 5.74) is 0.978. The van der Waals surface area contributed by atoms with E-state index in [1.165, 1.54) is 24.1 Å². The Kier molecular flexibility index (Phi) is 5.27. The van der Waals surface area contributed by atoms with Crippen LogP contribution in [-0.2, 0) is 15.6 Å². The lowest BCUT2D eigenvalue weighted by molar-refractivity contribution is 0.603. The van der Waals surface area contributed by atoms with Crippen molar-refractivity contribution in [3.8, 4) is 0 Å². The van der Waals surface area contributed by atoms with Crippen LogP contribution in [0.2, 0.25) is 0 Å².